The van der Waals surface area contributed by atoms with E-state index in [1.165, 1.54) is 11.1 Å². The number of nitrogens with one attached hydrogen (secondary N) is 1. The fraction of sp³-hybridized carbons (Fsp3) is 0.600. The van der Waals surface area contributed by atoms with E-state index in [0.717, 1.165) is 26.1 Å². The Bertz CT molecular complexity index is 428. The molecule has 4 nitrogen and oxygen atoms in total. The molecule has 19 heavy (non-hydrogen) atoms. The lowest BCUT2D eigenvalue weighted by molar-refractivity contribution is -0.0510. The number of hydrogen-bond acceptors (Lipinski definition) is 4. The van der Waals surface area contributed by atoms with Gasteiger partial charge in [-0.1, -0.05) is 24.3 Å². The second-order valence-electron chi connectivity index (χ2n) is 5.68. The minimum atomic E-state index is -0.761. The zero-order chi connectivity index (χ0) is 13.1. The first-order valence-corrected chi connectivity index (χ1v) is 7.05. The number of aliphatic hydroxyl groups is 1. The van der Waals surface area contributed by atoms with E-state index in [2.05, 4.69) is 34.5 Å². The molecule has 1 fully saturated rings. The fourth-order valence-corrected chi connectivity index (χ4v) is 2.99. The lowest BCUT2D eigenvalue weighted by atomic mass is 9.97. The van der Waals surface area contributed by atoms with Crippen LogP contribution in [-0.2, 0) is 17.7 Å². The van der Waals surface area contributed by atoms with E-state index in [1.807, 2.05) is 0 Å². The second-order valence-corrected chi connectivity index (χ2v) is 5.68. The Morgan fingerprint density at radius 1 is 1.32 bits per heavy atom. The third kappa shape index (κ3) is 3.15. The van der Waals surface area contributed by atoms with Crippen LogP contribution in [0.15, 0.2) is 24.3 Å². The molecule has 0 aliphatic carbocycles. The van der Waals surface area contributed by atoms with Gasteiger partial charge in [-0.15, -0.1) is 0 Å². The molecule has 0 amide bonds. The maximum Gasteiger partial charge on any atom is 0.113 e. The van der Waals surface area contributed by atoms with Crippen LogP contribution in [-0.4, -0.2) is 55.0 Å². The number of benzene rings is 1. The Morgan fingerprint density at radius 2 is 2.16 bits per heavy atom. The zero-order valence-corrected chi connectivity index (χ0v) is 11.3. The van der Waals surface area contributed by atoms with Gasteiger partial charge in [0.2, 0.25) is 0 Å². The van der Waals surface area contributed by atoms with E-state index in [9.17, 15) is 5.11 Å². The largest absolute Gasteiger partial charge is 0.385 e. The molecular formula is C15H22N2O2. The van der Waals surface area contributed by atoms with Crippen molar-refractivity contribution < 1.29 is 9.84 Å². The predicted octanol–water partition coefficient (Wildman–Crippen LogP) is 0.396. The van der Waals surface area contributed by atoms with Crippen LogP contribution in [0, 0.1) is 0 Å². The molecule has 0 bridgehead atoms. The van der Waals surface area contributed by atoms with Crippen molar-refractivity contribution in [2.75, 3.05) is 39.4 Å². The van der Waals surface area contributed by atoms with E-state index < -0.39 is 5.60 Å². The third-order valence-corrected chi connectivity index (χ3v) is 3.98. The van der Waals surface area contributed by atoms with E-state index >= 15 is 0 Å². The topological polar surface area (TPSA) is 44.7 Å². The average molecular weight is 262 g/mol. The highest BCUT2D eigenvalue weighted by Crippen LogP contribution is 2.20. The predicted molar refractivity (Wildman–Crippen MR) is 74.1 cm³/mol. The summed E-state index contributed by atoms with van der Waals surface area (Å²) in [7, 11) is 0. The summed E-state index contributed by atoms with van der Waals surface area (Å²) in [5, 5.41) is 13.9. The number of nitrogens with zero attached hydrogens (tertiary/aromatic N) is 1. The summed E-state index contributed by atoms with van der Waals surface area (Å²) in [6.45, 7) is 5.17. The number of β-amino-alcohol motifs (C(OH)–C–C–N with tert-alkyl or cyclic N) is 1. The SMILES string of the molecule is OC1(CN2CCc3ccccc3C2)CNCCOC1. The van der Waals surface area contributed by atoms with Crippen molar-refractivity contribution in [3.05, 3.63) is 35.4 Å². The van der Waals surface area contributed by atoms with Crippen molar-refractivity contribution in [3.63, 3.8) is 0 Å². The molecule has 0 saturated carbocycles. The van der Waals surface area contributed by atoms with Gasteiger partial charge in [-0.2, -0.15) is 0 Å². The number of rotatable bonds is 2. The Kier molecular flexibility index (Phi) is 3.84. The molecule has 2 aliphatic rings. The molecule has 1 unspecified atom stereocenters. The monoisotopic (exact) mass is 262 g/mol. The minimum absolute atomic E-state index is 0.429. The van der Waals surface area contributed by atoms with Crippen molar-refractivity contribution >= 4 is 0 Å². The molecule has 0 radical (unpaired) electrons. The van der Waals surface area contributed by atoms with Crippen molar-refractivity contribution in [2.45, 2.75) is 18.6 Å². The molecule has 1 aromatic carbocycles. The first kappa shape index (κ1) is 13.1. The lowest BCUT2D eigenvalue weighted by Crippen LogP contribution is -2.52. The molecule has 1 atom stereocenters. The first-order valence-electron chi connectivity index (χ1n) is 7.05. The van der Waals surface area contributed by atoms with Gasteiger partial charge in [-0.25, -0.2) is 0 Å². The summed E-state index contributed by atoms with van der Waals surface area (Å²) < 4.78 is 5.48. The highest BCUT2D eigenvalue weighted by molar-refractivity contribution is 5.29. The number of ether oxygens (including phenoxy) is 1. The summed E-state index contributed by atoms with van der Waals surface area (Å²) in [6.07, 6.45) is 1.07. The van der Waals surface area contributed by atoms with Crippen LogP contribution in [0.2, 0.25) is 0 Å². The van der Waals surface area contributed by atoms with Gasteiger partial charge in [0.05, 0.1) is 13.2 Å². The number of hydrogen-bond donors (Lipinski definition) is 2. The van der Waals surface area contributed by atoms with Gasteiger partial charge in [-0.05, 0) is 17.5 Å². The summed E-state index contributed by atoms with van der Waals surface area (Å²) in [5.74, 6) is 0. The van der Waals surface area contributed by atoms with Crippen molar-refractivity contribution in [2.24, 2.45) is 0 Å². The van der Waals surface area contributed by atoms with E-state index in [-0.39, 0.29) is 0 Å². The number of fused-ring (bicyclic) bond motifs is 1. The van der Waals surface area contributed by atoms with Crippen molar-refractivity contribution in [3.8, 4) is 0 Å². The van der Waals surface area contributed by atoms with Crippen molar-refractivity contribution in [1.29, 1.82) is 0 Å². The standard InChI is InChI=1S/C15H22N2O2/c18-15(10-16-6-8-19-12-15)11-17-7-5-13-3-1-2-4-14(13)9-17/h1-4,16,18H,5-12H2. The van der Waals surface area contributed by atoms with Crippen LogP contribution >= 0.6 is 0 Å². The van der Waals surface area contributed by atoms with Crippen LogP contribution in [0.5, 0.6) is 0 Å². The normalized spacial score (nSPS) is 28.7. The summed E-state index contributed by atoms with van der Waals surface area (Å²) in [4.78, 5) is 2.33. The average Bonchev–Trinajstić information content (AvgIpc) is 2.63. The van der Waals surface area contributed by atoms with Crippen LogP contribution in [0.25, 0.3) is 0 Å². The summed E-state index contributed by atoms with van der Waals surface area (Å²) in [5.41, 5.74) is 2.07. The van der Waals surface area contributed by atoms with Crippen LogP contribution in [0.4, 0.5) is 0 Å². The third-order valence-electron chi connectivity index (χ3n) is 3.98. The maximum atomic E-state index is 10.6. The molecule has 0 aromatic heterocycles. The smallest absolute Gasteiger partial charge is 0.113 e. The van der Waals surface area contributed by atoms with E-state index in [0.29, 0.717) is 26.3 Å². The summed E-state index contributed by atoms with van der Waals surface area (Å²) in [6, 6.07) is 8.59. The molecule has 4 heteroatoms. The molecule has 0 spiro atoms. The van der Waals surface area contributed by atoms with Crippen LogP contribution in [0.3, 0.4) is 0 Å². The second kappa shape index (κ2) is 5.59. The molecule has 1 saturated heterocycles. The van der Waals surface area contributed by atoms with Gasteiger partial charge in [0.1, 0.15) is 5.60 Å². The van der Waals surface area contributed by atoms with Crippen molar-refractivity contribution in [1.82, 2.24) is 10.2 Å². The Morgan fingerprint density at radius 3 is 3.05 bits per heavy atom. The first-order chi connectivity index (χ1) is 9.25. The molecule has 3 rings (SSSR count). The summed E-state index contributed by atoms with van der Waals surface area (Å²) >= 11 is 0. The highest BCUT2D eigenvalue weighted by atomic mass is 16.5. The molecule has 2 heterocycles. The molecule has 2 aliphatic heterocycles. The molecule has 1 aromatic rings. The Balaban J connectivity index is 1.65. The fourth-order valence-electron chi connectivity index (χ4n) is 2.99. The molecular weight excluding hydrogens is 240 g/mol. The maximum absolute atomic E-state index is 10.6. The van der Waals surface area contributed by atoms with E-state index in [4.69, 9.17) is 4.74 Å². The zero-order valence-electron chi connectivity index (χ0n) is 11.3. The molecule has 104 valence electrons. The van der Waals surface area contributed by atoms with Gasteiger partial charge in [0.25, 0.3) is 0 Å². The van der Waals surface area contributed by atoms with Gasteiger partial charge >= 0.3 is 0 Å². The van der Waals surface area contributed by atoms with E-state index in [1.54, 1.807) is 0 Å². The van der Waals surface area contributed by atoms with Gasteiger partial charge < -0.3 is 15.2 Å². The van der Waals surface area contributed by atoms with Crippen LogP contribution < -0.4 is 5.32 Å². The Hall–Kier alpha value is -0.940. The minimum Gasteiger partial charge on any atom is -0.385 e. The van der Waals surface area contributed by atoms with Gasteiger partial charge in [-0.3, -0.25) is 4.90 Å². The lowest BCUT2D eigenvalue weighted by Gasteiger charge is -2.35. The van der Waals surface area contributed by atoms with Gasteiger partial charge in [0.15, 0.2) is 0 Å². The quantitative estimate of drug-likeness (QED) is 0.809. The Labute approximate surface area is 114 Å². The molecule has 2 N–H and O–H groups in total. The highest BCUT2D eigenvalue weighted by Gasteiger charge is 2.32. The van der Waals surface area contributed by atoms with Gasteiger partial charge in [0, 0.05) is 32.7 Å². The van der Waals surface area contributed by atoms with Crippen LogP contribution in [0.1, 0.15) is 11.1 Å².